The van der Waals surface area contributed by atoms with Crippen molar-refractivity contribution in [1.82, 2.24) is 20.5 Å². The molecule has 1 aromatic carbocycles. The molecule has 9 nitrogen and oxygen atoms in total. The summed E-state index contributed by atoms with van der Waals surface area (Å²) in [5, 5.41) is 15.8. The number of carboxylic acids is 1. The van der Waals surface area contributed by atoms with Crippen LogP contribution in [-0.2, 0) is 32.1 Å². The highest BCUT2D eigenvalue weighted by Crippen LogP contribution is 2.24. The van der Waals surface area contributed by atoms with E-state index < -0.39 is 18.4 Å². The first kappa shape index (κ1) is 21.9. The van der Waals surface area contributed by atoms with Gasteiger partial charge in [-0.2, -0.15) is 0 Å². The third kappa shape index (κ3) is 6.90. The number of rotatable bonds is 9. The van der Waals surface area contributed by atoms with Gasteiger partial charge < -0.3 is 20.5 Å². The molecule has 0 saturated carbocycles. The van der Waals surface area contributed by atoms with Crippen molar-refractivity contribution < 1.29 is 24.2 Å². The van der Waals surface area contributed by atoms with Gasteiger partial charge in [0, 0.05) is 30.6 Å². The topological polar surface area (TPSA) is 121 Å². The van der Waals surface area contributed by atoms with Gasteiger partial charge in [0.05, 0.1) is 31.9 Å². The van der Waals surface area contributed by atoms with Crippen LogP contribution >= 0.6 is 11.3 Å². The Balaban J connectivity index is 1.47. The van der Waals surface area contributed by atoms with Crippen LogP contribution in [-0.4, -0.2) is 72.2 Å². The molecule has 30 heavy (non-hydrogen) atoms. The van der Waals surface area contributed by atoms with Crippen LogP contribution in [0.4, 0.5) is 0 Å². The molecule has 0 unspecified atom stereocenters. The second kappa shape index (κ2) is 10.8. The lowest BCUT2D eigenvalue weighted by Crippen LogP contribution is -2.39. The van der Waals surface area contributed by atoms with E-state index in [1.807, 2.05) is 17.5 Å². The van der Waals surface area contributed by atoms with Crippen LogP contribution in [0.2, 0.25) is 0 Å². The van der Waals surface area contributed by atoms with E-state index >= 15 is 0 Å². The van der Waals surface area contributed by atoms with E-state index in [4.69, 9.17) is 9.84 Å². The third-order valence-electron chi connectivity index (χ3n) is 4.49. The van der Waals surface area contributed by atoms with Gasteiger partial charge in [-0.15, -0.1) is 11.3 Å². The summed E-state index contributed by atoms with van der Waals surface area (Å²) < 4.78 is 5.37. The fourth-order valence-corrected chi connectivity index (χ4v) is 3.76. The van der Waals surface area contributed by atoms with Crippen LogP contribution in [0.15, 0.2) is 29.6 Å². The summed E-state index contributed by atoms with van der Waals surface area (Å²) in [6.07, 6.45) is 0.0534. The fraction of sp³-hybridized carbons (Fsp3) is 0.400. The number of benzene rings is 1. The maximum absolute atomic E-state index is 12.0. The average molecular weight is 433 g/mol. The zero-order chi connectivity index (χ0) is 21.3. The summed E-state index contributed by atoms with van der Waals surface area (Å²) in [7, 11) is 0. The molecule has 1 aromatic heterocycles. The van der Waals surface area contributed by atoms with E-state index in [1.54, 1.807) is 0 Å². The Morgan fingerprint density at radius 3 is 2.47 bits per heavy atom. The van der Waals surface area contributed by atoms with Gasteiger partial charge in [0.2, 0.25) is 11.8 Å². The number of hydrogen-bond donors (Lipinski definition) is 3. The van der Waals surface area contributed by atoms with Crippen molar-refractivity contribution in [3.63, 3.8) is 0 Å². The van der Waals surface area contributed by atoms with Crippen molar-refractivity contribution in [2.24, 2.45) is 0 Å². The first-order valence-corrected chi connectivity index (χ1v) is 10.5. The molecule has 0 radical (unpaired) electrons. The van der Waals surface area contributed by atoms with Crippen molar-refractivity contribution >= 4 is 29.1 Å². The number of aromatic nitrogens is 1. The molecule has 160 valence electrons. The molecule has 3 N–H and O–H groups in total. The minimum absolute atomic E-state index is 0.0534. The van der Waals surface area contributed by atoms with E-state index in [0.717, 1.165) is 43.4 Å². The monoisotopic (exact) mass is 432 g/mol. The average Bonchev–Trinajstić information content (AvgIpc) is 3.20. The lowest BCUT2D eigenvalue weighted by atomic mass is 10.1. The Morgan fingerprint density at radius 2 is 1.77 bits per heavy atom. The van der Waals surface area contributed by atoms with E-state index in [-0.39, 0.29) is 18.9 Å². The number of thiazole rings is 1. The van der Waals surface area contributed by atoms with Gasteiger partial charge in [0.1, 0.15) is 11.6 Å². The Bertz CT molecular complexity index is 878. The van der Waals surface area contributed by atoms with Gasteiger partial charge in [-0.05, 0) is 5.56 Å². The maximum Gasteiger partial charge on any atom is 0.322 e. The Labute approximate surface area is 178 Å². The smallest absolute Gasteiger partial charge is 0.322 e. The van der Waals surface area contributed by atoms with Gasteiger partial charge >= 0.3 is 5.97 Å². The molecule has 0 atom stereocenters. The fourth-order valence-electron chi connectivity index (χ4n) is 2.93. The van der Waals surface area contributed by atoms with Crippen molar-refractivity contribution in [3.8, 4) is 10.6 Å². The Hall–Kier alpha value is -2.82. The number of carboxylic acid groups (broad SMARTS) is 1. The lowest BCUT2D eigenvalue weighted by Gasteiger charge is -2.26. The highest BCUT2D eigenvalue weighted by molar-refractivity contribution is 7.13. The molecule has 10 heteroatoms. The van der Waals surface area contributed by atoms with Crippen LogP contribution in [0.5, 0.6) is 0 Å². The predicted molar refractivity (Wildman–Crippen MR) is 111 cm³/mol. The molecule has 0 spiro atoms. The minimum Gasteiger partial charge on any atom is -0.480 e. The molecule has 1 fully saturated rings. The highest BCUT2D eigenvalue weighted by Gasteiger charge is 2.13. The molecule has 0 aliphatic carbocycles. The van der Waals surface area contributed by atoms with Gasteiger partial charge in [0.15, 0.2) is 0 Å². The van der Waals surface area contributed by atoms with Crippen LogP contribution in [0.3, 0.4) is 0 Å². The Kier molecular flexibility index (Phi) is 7.89. The SMILES string of the molecule is O=C(O)CNC(=O)CNC(=O)Cc1csc(-c2ccc(CN3CCOCC3)cc2)n1. The summed E-state index contributed by atoms with van der Waals surface area (Å²) in [5.74, 6) is -2.04. The number of aliphatic carboxylic acids is 1. The molecular formula is C20H24N4O5S. The second-order valence-corrected chi connectivity index (χ2v) is 7.71. The van der Waals surface area contributed by atoms with Gasteiger partial charge in [-0.1, -0.05) is 24.3 Å². The normalized spacial score (nSPS) is 14.3. The largest absolute Gasteiger partial charge is 0.480 e. The van der Waals surface area contributed by atoms with Gasteiger partial charge in [0.25, 0.3) is 0 Å². The molecule has 1 aliphatic heterocycles. The van der Waals surface area contributed by atoms with Crippen molar-refractivity contribution in [1.29, 1.82) is 0 Å². The van der Waals surface area contributed by atoms with E-state index in [9.17, 15) is 14.4 Å². The standard InChI is InChI=1S/C20H24N4O5S/c25-17(21-10-18(26)22-11-19(27)28)9-16-13-30-20(23-16)15-3-1-14(2-4-15)12-24-5-7-29-8-6-24/h1-4,13H,5-12H2,(H,21,25)(H,22,26)(H,27,28). The zero-order valence-corrected chi connectivity index (χ0v) is 17.2. The minimum atomic E-state index is -1.14. The molecule has 1 saturated heterocycles. The van der Waals surface area contributed by atoms with Gasteiger partial charge in [-0.25, -0.2) is 4.98 Å². The molecular weight excluding hydrogens is 408 g/mol. The van der Waals surface area contributed by atoms with Crippen molar-refractivity contribution in [2.75, 3.05) is 39.4 Å². The first-order chi connectivity index (χ1) is 14.5. The summed E-state index contributed by atoms with van der Waals surface area (Å²) in [5.41, 5.74) is 2.85. The number of nitrogens with one attached hydrogen (secondary N) is 2. The summed E-state index contributed by atoms with van der Waals surface area (Å²) in [6, 6.07) is 8.25. The highest BCUT2D eigenvalue weighted by atomic mass is 32.1. The maximum atomic E-state index is 12.0. The number of nitrogens with zero attached hydrogens (tertiary/aromatic N) is 2. The van der Waals surface area contributed by atoms with Crippen molar-refractivity contribution in [2.45, 2.75) is 13.0 Å². The molecule has 1 aliphatic rings. The molecule has 3 rings (SSSR count). The quantitative estimate of drug-likeness (QED) is 0.528. The lowest BCUT2D eigenvalue weighted by molar-refractivity contribution is -0.137. The number of morpholine rings is 1. The summed E-state index contributed by atoms with van der Waals surface area (Å²) >= 11 is 1.46. The number of hydrogen-bond acceptors (Lipinski definition) is 7. The summed E-state index contributed by atoms with van der Waals surface area (Å²) in [4.78, 5) is 40.7. The van der Waals surface area contributed by atoms with E-state index in [2.05, 4.69) is 32.7 Å². The number of amides is 2. The van der Waals surface area contributed by atoms with E-state index in [0.29, 0.717) is 5.69 Å². The number of carbonyl (C=O) groups excluding carboxylic acids is 2. The predicted octanol–water partition coefficient (Wildman–Crippen LogP) is 0.502. The molecule has 2 amide bonds. The third-order valence-corrected chi connectivity index (χ3v) is 5.43. The van der Waals surface area contributed by atoms with Gasteiger partial charge in [-0.3, -0.25) is 19.3 Å². The second-order valence-electron chi connectivity index (χ2n) is 6.85. The first-order valence-electron chi connectivity index (χ1n) is 9.58. The van der Waals surface area contributed by atoms with Crippen LogP contribution in [0.25, 0.3) is 10.6 Å². The number of ether oxygens (including phenoxy) is 1. The number of carbonyl (C=O) groups is 3. The van der Waals surface area contributed by atoms with E-state index in [1.165, 1.54) is 16.9 Å². The van der Waals surface area contributed by atoms with Crippen molar-refractivity contribution in [3.05, 3.63) is 40.9 Å². The molecule has 2 heterocycles. The summed E-state index contributed by atoms with van der Waals surface area (Å²) in [6.45, 7) is 3.60. The van der Waals surface area contributed by atoms with Crippen LogP contribution in [0.1, 0.15) is 11.3 Å². The van der Waals surface area contributed by atoms with Crippen LogP contribution < -0.4 is 10.6 Å². The molecule has 2 aromatic rings. The Morgan fingerprint density at radius 1 is 1.07 bits per heavy atom. The molecule has 0 bridgehead atoms. The zero-order valence-electron chi connectivity index (χ0n) is 16.4. The van der Waals surface area contributed by atoms with Crippen LogP contribution in [0, 0.1) is 0 Å².